The molecule has 17 heavy (non-hydrogen) atoms. The molecule has 3 atom stereocenters. The van der Waals surface area contributed by atoms with Gasteiger partial charge in [0.1, 0.15) is 0 Å². The minimum atomic E-state index is -0.842. The van der Waals surface area contributed by atoms with Gasteiger partial charge in [-0.3, -0.25) is 9.59 Å². The van der Waals surface area contributed by atoms with Gasteiger partial charge >= 0.3 is 5.97 Å². The van der Waals surface area contributed by atoms with Crippen LogP contribution in [0, 0.1) is 11.8 Å². The number of rotatable bonds is 7. The Balaban J connectivity index is 2.26. The molecule has 0 saturated heterocycles. The molecule has 0 aromatic rings. The number of carboxylic acids is 1. The van der Waals surface area contributed by atoms with Crippen LogP contribution < -0.4 is 5.32 Å². The summed E-state index contributed by atoms with van der Waals surface area (Å²) >= 11 is 1.85. The van der Waals surface area contributed by atoms with E-state index in [1.54, 1.807) is 0 Å². The molecule has 1 fully saturated rings. The summed E-state index contributed by atoms with van der Waals surface area (Å²) in [5.41, 5.74) is 0. The average Bonchev–Trinajstić information content (AvgIpc) is 2.14. The number of carboxylic acid groups (broad SMARTS) is 1. The summed E-state index contributed by atoms with van der Waals surface area (Å²) < 4.78 is 0. The van der Waals surface area contributed by atoms with Crippen LogP contribution in [0.4, 0.5) is 0 Å². The Morgan fingerprint density at radius 3 is 2.53 bits per heavy atom. The number of amides is 1. The highest BCUT2D eigenvalue weighted by molar-refractivity contribution is 7.99. The van der Waals surface area contributed by atoms with E-state index >= 15 is 0 Å². The molecule has 0 aromatic heterocycles. The Kier molecular flexibility index (Phi) is 5.82. The summed E-state index contributed by atoms with van der Waals surface area (Å²) in [6.45, 7) is 4.09. The molecule has 2 N–H and O–H groups in total. The van der Waals surface area contributed by atoms with Gasteiger partial charge in [-0.15, -0.1) is 0 Å². The van der Waals surface area contributed by atoms with Crippen molar-refractivity contribution in [2.24, 2.45) is 11.8 Å². The molecule has 1 aliphatic carbocycles. The molecular weight excluding hydrogens is 238 g/mol. The van der Waals surface area contributed by atoms with Gasteiger partial charge in [0.15, 0.2) is 0 Å². The Hall–Kier alpha value is -0.710. The second-order valence-electron chi connectivity index (χ2n) is 4.52. The highest BCUT2D eigenvalue weighted by Crippen LogP contribution is 2.34. The van der Waals surface area contributed by atoms with Gasteiger partial charge in [0.2, 0.25) is 5.91 Å². The van der Waals surface area contributed by atoms with Crippen LogP contribution in [-0.4, -0.2) is 34.5 Å². The largest absolute Gasteiger partial charge is 0.481 e. The molecular formula is C12H21NO3S. The molecule has 1 amide bonds. The summed E-state index contributed by atoms with van der Waals surface area (Å²) in [4.78, 5) is 22.6. The third-order valence-corrected chi connectivity index (χ3v) is 4.15. The molecule has 4 nitrogen and oxygen atoms in total. The molecule has 1 rings (SSSR count). The zero-order chi connectivity index (χ0) is 12.8. The normalized spacial score (nSPS) is 24.8. The van der Waals surface area contributed by atoms with Crippen molar-refractivity contribution in [1.82, 2.24) is 5.32 Å². The fourth-order valence-electron chi connectivity index (χ4n) is 1.94. The van der Waals surface area contributed by atoms with Crippen LogP contribution in [0.1, 0.15) is 33.1 Å². The Morgan fingerprint density at radius 1 is 1.41 bits per heavy atom. The molecule has 1 saturated carbocycles. The molecule has 0 heterocycles. The third-order valence-electron chi connectivity index (χ3n) is 3.22. The van der Waals surface area contributed by atoms with Crippen LogP contribution in [0.3, 0.4) is 0 Å². The highest BCUT2D eigenvalue weighted by Gasteiger charge is 2.41. The standard InChI is InChI=1S/C12H21NO3S/c1-3-17-7-6-8(2)13-11(14)9-4-5-10(9)12(15)16/h8-10H,3-7H2,1-2H3,(H,13,14)(H,15,16). The number of thioether (sulfide) groups is 1. The highest BCUT2D eigenvalue weighted by atomic mass is 32.2. The van der Waals surface area contributed by atoms with Crippen LogP contribution in [0.15, 0.2) is 0 Å². The van der Waals surface area contributed by atoms with Crippen molar-refractivity contribution >= 4 is 23.6 Å². The molecule has 0 spiro atoms. The first-order valence-electron chi connectivity index (χ1n) is 6.17. The van der Waals surface area contributed by atoms with Crippen LogP contribution in [0.5, 0.6) is 0 Å². The van der Waals surface area contributed by atoms with Crippen molar-refractivity contribution in [3.8, 4) is 0 Å². The van der Waals surface area contributed by atoms with Crippen LogP contribution in [-0.2, 0) is 9.59 Å². The predicted octanol–water partition coefficient (Wildman–Crippen LogP) is 1.75. The summed E-state index contributed by atoms with van der Waals surface area (Å²) in [5.74, 6) is 0.416. The summed E-state index contributed by atoms with van der Waals surface area (Å²) in [7, 11) is 0. The smallest absolute Gasteiger partial charge is 0.307 e. The van der Waals surface area contributed by atoms with Crippen molar-refractivity contribution in [2.45, 2.75) is 39.2 Å². The fourth-order valence-corrected chi connectivity index (χ4v) is 2.74. The Bertz CT molecular complexity index is 283. The SMILES string of the molecule is CCSCCC(C)NC(=O)C1CCC1C(=O)O. The van der Waals surface area contributed by atoms with Crippen molar-refractivity contribution in [3.05, 3.63) is 0 Å². The zero-order valence-corrected chi connectivity index (χ0v) is 11.3. The van der Waals surface area contributed by atoms with Gasteiger partial charge in [-0.05, 0) is 37.7 Å². The minimum absolute atomic E-state index is 0.0855. The van der Waals surface area contributed by atoms with Crippen molar-refractivity contribution in [3.63, 3.8) is 0 Å². The maximum absolute atomic E-state index is 11.8. The van der Waals surface area contributed by atoms with Gasteiger partial charge in [-0.2, -0.15) is 11.8 Å². The summed E-state index contributed by atoms with van der Waals surface area (Å²) in [5, 5.41) is 11.8. The van der Waals surface area contributed by atoms with Gasteiger partial charge in [-0.1, -0.05) is 6.92 Å². The lowest BCUT2D eigenvalue weighted by Gasteiger charge is -2.32. The van der Waals surface area contributed by atoms with E-state index in [4.69, 9.17) is 5.11 Å². The van der Waals surface area contributed by atoms with E-state index in [9.17, 15) is 9.59 Å². The predicted molar refractivity (Wildman–Crippen MR) is 69.1 cm³/mol. The van der Waals surface area contributed by atoms with Gasteiger partial charge in [-0.25, -0.2) is 0 Å². The van der Waals surface area contributed by atoms with Gasteiger partial charge in [0.25, 0.3) is 0 Å². The fraction of sp³-hybridized carbons (Fsp3) is 0.833. The van der Waals surface area contributed by atoms with Crippen LogP contribution in [0.2, 0.25) is 0 Å². The first-order valence-corrected chi connectivity index (χ1v) is 7.32. The minimum Gasteiger partial charge on any atom is -0.481 e. The summed E-state index contributed by atoms with van der Waals surface area (Å²) in [6, 6.07) is 0.136. The Labute approximate surface area is 107 Å². The summed E-state index contributed by atoms with van der Waals surface area (Å²) in [6.07, 6.45) is 2.28. The molecule has 3 unspecified atom stereocenters. The zero-order valence-electron chi connectivity index (χ0n) is 10.4. The van der Waals surface area contributed by atoms with E-state index in [0.29, 0.717) is 12.8 Å². The van der Waals surface area contributed by atoms with Gasteiger partial charge in [0, 0.05) is 6.04 Å². The topological polar surface area (TPSA) is 66.4 Å². The van der Waals surface area contributed by atoms with Crippen LogP contribution in [0.25, 0.3) is 0 Å². The third kappa shape index (κ3) is 4.22. The second kappa shape index (κ2) is 6.89. The first-order chi connectivity index (χ1) is 8.06. The molecule has 1 aliphatic rings. The quantitative estimate of drug-likeness (QED) is 0.684. The second-order valence-corrected chi connectivity index (χ2v) is 5.92. The molecule has 0 radical (unpaired) electrons. The van der Waals surface area contributed by atoms with Crippen molar-refractivity contribution < 1.29 is 14.7 Å². The van der Waals surface area contributed by atoms with Gasteiger partial charge in [0.05, 0.1) is 11.8 Å². The number of hydrogen-bond acceptors (Lipinski definition) is 3. The van der Waals surface area contributed by atoms with E-state index in [-0.39, 0.29) is 17.9 Å². The van der Waals surface area contributed by atoms with E-state index in [0.717, 1.165) is 17.9 Å². The monoisotopic (exact) mass is 259 g/mol. The van der Waals surface area contributed by atoms with Crippen molar-refractivity contribution in [2.75, 3.05) is 11.5 Å². The lowest BCUT2D eigenvalue weighted by Crippen LogP contribution is -2.46. The average molecular weight is 259 g/mol. The van der Waals surface area contributed by atoms with E-state index in [2.05, 4.69) is 12.2 Å². The van der Waals surface area contributed by atoms with E-state index in [1.165, 1.54) is 0 Å². The number of carbonyl (C=O) groups is 2. The maximum Gasteiger partial charge on any atom is 0.307 e. The van der Waals surface area contributed by atoms with Crippen molar-refractivity contribution in [1.29, 1.82) is 0 Å². The lowest BCUT2D eigenvalue weighted by molar-refractivity contribution is -0.152. The number of carbonyl (C=O) groups excluding carboxylic acids is 1. The van der Waals surface area contributed by atoms with Gasteiger partial charge < -0.3 is 10.4 Å². The number of nitrogens with one attached hydrogen (secondary N) is 1. The maximum atomic E-state index is 11.8. The molecule has 0 aromatic carbocycles. The lowest BCUT2D eigenvalue weighted by atomic mass is 9.73. The van der Waals surface area contributed by atoms with E-state index < -0.39 is 11.9 Å². The molecule has 98 valence electrons. The molecule has 0 bridgehead atoms. The number of aliphatic carboxylic acids is 1. The first kappa shape index (κ1) is 14.4. The number of hydrogen-bond donors (Lipinski definition) is 2. The molecule has 0 aliphatic heterocycles. The Morgan fingerprint density at radius 2 is 2.06 bits per heavy atom. The molecule has 5 heteroatoms. The van der Waals surface area contributed by atoms with Crippen LogP contribution >= 0.6 is 11.8 Å². The van der Waals surface area contributed by atoms with E-state index in [1.807, 2.05) is 18.7 Å².